The maximum atomic E-state index is 2.65. The normalized spacial score (nSPS) is 13.5. The molecule has 1 unspecified atom stereocenters. The van der Waals surface area contributed by atoms with E-state index in [0.717, 1.165) is 24.2 Å². The Balaban J connectivity index is 5.02. The van der Waals surface area contributed by atoms with E-state index >= 15 is 0 Å². The molecule has 41 heavy (non-hydrogen) atoms. The Hall–Kier alpha value is -0.780. The minimum Gasteiger partial charge on any atom is -0.0885 e. The van der Waals surface area contributed by atoms with E-state index in [4.69, 9.17) is 0 Å². The molecule has 0 aromatic carbocycles. The topological polar surface area (TPSA) is 0 Å². The maximum Gasteiger partial charge on any atom is -0.0166 e. The standard InChI is InChI=1S/C41H78/c1-7-9-11-13-15-22-28-34-40(36-30-24-18-17-20-26-32-38(3)4)41(35-29-23-16-14-12-10-8-2)37-31-25-19-21-27-33-39(5)6/h16,22-23,28,35,38-40H,7-15,17-21,24-27,29-34,36-37H2,1-6H3/b23-16+,28-22+,41-35-. The van der Waals surface area contributed by atoms with E-state index in [1.165, 1.54) is 161 Å². The van der Waals surface area contributed by atoms with E-state index in [0.29, 0.717) is 0 Å². The van der Waals surface area contributed by atoms with Crippen LogP contribution < -0.4 is 0 Å². The molecule has 0 N–H and O–H groups in total. The van der Waals surface area contributed by atoms with Gasteiger partial charge in [-0.3, -0.25) is 0 Å². The third-order valence-corrected chi connectivity index (χ3v) is 8.82. The van der Waals surface area contributed by atoms with Gasteiger partial charge in [0, 0.05) is 0 Å². The highest BCUT2D eigenvalue weighted by atomic mass is 14.2. The molecule has 0 saturated heterocycles. The molecule has 0 heterocycles. The molecular formula is C41H78. The average Bonchev–Trinajstić information content (AvgIpc) is 2.94. The molecule has 242 valence electrons. The van der Waals surface area contributed by atoms with Gasteiger partial charge in [-0.1, -0.05) is 187 Å². The first-order chi connectivity index (χ1) is 20.0. The molecule has 0 radical (unpaired) electrons. The second kappa shape index (κ2) is 32.1. The zero-order chi connectivity index (χ0) is 30.2. The van der Waals surface area contributed by atoms with E-state index in [9.17, 15) is 0 Å². The minimum atomic E-state index is 0.761. The first-order valence-corrected chi connectivity index (χ1v) is 19.0. The van der Waals surface area contributed by atoms with Crippen LogP contribution in [0.4, 0.5) is 0 Å². The molecule has 0 bridgehead atoms. The monoisotopic (exact) mass is 571 g/mol. The molecule has 0 aliphatic rings. The molecule has 0 heteroatoms. The van der Waals surface area contributed by atoms with Crippen molar-refractivity contribution in [3.8, 4) is 0 Å². The number of unbranched alkanes of at least 4 members (excludes halogenated alkanes) is 16. The van der Waals surface area contributed by atoms with Crippen molar-refractivity contribution in [3.05, 3.63) is 36.0 Å². The summed E-state index contributed by atoms with van der Waals surface area (Å²) < 4.78 is 0. The molecule has 0 aromatic heterocycles. The summed E-state index contributed by atoms with van der Waals surface area (Å²) in [5, 5.41) is 0. The fourth-order valence-corrected chi connectivity index (χ4v) is 6.00. The summed E-state index contributed by atoms with van der Waals surface area (Å²) in [5.41, 5.74) is 1.79. The van der Waals surface area contributed by atoms with Crippen molar-refractivity contribution in [3.63, 3.8) is 0 Å². The summed E-state index contributed by atoms with van der Waals surface area (Å²) in [6.07, 6.45) is 48.3. The average molecular weight is 571 g/mol. The van der Waals surface area contributed by atoms with Crippen LogP contribution in [0.5, 0.6) is 0 Å². The van der Waals surface area contributed by atoms with Crippen LogP contribution in [-0.4, -0.2) is 0 Å². The summed E-state index contributed by atoms with van der Waals surface area (Å²) in [6, 6.07) is 0. The highest BCUT2D eigenvalue weighted by Gasteiger charge is 2.13. The Labute approximate surface area is 261 Å². The van der Waals surface area contributed by atoms with Crippen LogP contribution in [-0.2, 0) is 0 Å². The lowest BCUT2D eigenvalue weighted by Gasteiger charge is -2.20. The summed E-state index contributed by atoms with van der Waals surface area (Å²) in [4.78, 5) is 0. The van der Waals surface area contributed by atoms with Crippen molar-refractivity contribution in [2.45, 2.75) is 208 Å². The summed E-state index contributed by atoms with van der Waals surface area (Å²) in [6.45, 7) is 14.1. The first kappa shape index (κ1) is 40.2. The molecule has 0 aromatic rings. The van der Waals surface area contributed by atoms with Gasteiger partial charge >= 0.3 is 0 Å². The van der Waals surface area contributed by atoms with E-state index in [-0.39, 0.29) is 0 Å². The smallest absolute Gasteiger partial charge is 0.0166 e. The molecule has 0 fully saturated rings. The third kappa shape index (κ3) is 30.5. The van der Waals surface area contributed by atoms with Crippen molar-refractivity contribution in [2.24, 2.45) is 17.8 Å². The summed E-state index contributed by atoms with van der Waals surface area (Å²) in [5.74, 6) is 2.49. The number of rotatable bonds is 31. The minimum absolute atomic E-state index is 0.761. The molecule has 0 rings (SSSR count). The van der Waals surface area contributed by atoms with E-state index < -0.39 is 0 Å². The van der Waals surface area contributed by atoms with Crippen LogP contribution in [0.25, 0.3) is 0 Å². The van der Waals surface area contributed by atoms with Crippen molar-refractivity contribution in [2.75, 3.05) is 0 Å². The zero-order valence-electron chi connectivity index (χ0n) is 29.5. The highest BCUT2D eigenvalue weighted by Crippen LogP contribution is 2.29. The Kier molecular flexibility index (Phi) is 31.5. The summed E-state index contributed by atoms with van der Waals surface area (Å²) in [7, 11) is 0. The van der Waals surface area contributed by atoms with Gasteiger partial charge in [0.15, 0.2) is 0 Å². The van der Waals surface area contributed by atoms with Crippen LogP contribution in [0.15, 0.2) is 36.0 Å². The highest BCUT2D eigenvalue weighted by molar-refractivity contribution is 5.11. The largest absolute Gasteiger partial charge is 0.0885 e. The van der Waals surface area contributed by atoms with Gasteiger partial charge in [-0.25, -0.2) is 0 Å². The molecule has 1 atom stereocenters. The van der Waals surface area contributed by atoms with Crippen LogP contribution in [0.1, 0.15) is 208 Å². The molecule has 0 nitrogen and oxygen atoms in total. The van der Waals surface area contributed by atoms with E-state index in [1.807, 2.05) is 0 Å². The zero-order valence-corrected chi connectivity index (χ0v) is 29.5. The van der Waals surface area contributed by atoms with Crippen molar-refractivity contribution >= 4 is 0 Å². The molecular weight excluding hydrogens is 492 g/mol. The molecule has 0 saturated carbocycles. The Morgan fingerprint density at radius 2 is 0.927 bits per heavy atom. The predicted octanol–water partition coefficient (Wildman–Crippen LogP) is 15.1. The van der Waals surface area contributed by atoms with E-state index in [1.54, 1.807) is 5.57 Å². The molecule has 0 spiro atoms. The number of allylic oxidation sites excluding steroid dienone is 6. The lowest BCUT2D eigenvalue weighted by molar-refractivity contribution is 0.472. The van der Waals surface area contributed by atoms with Gasteiger partial charge in [-0.05, 0) is 75.5 Å². The Bertz CT molecular complexity index is 589. The van der Waals surface area contributed by atoms with E-state index in [2.05, 4.69) is 71.9 Å². The van der Waals surface area contributed by atoms with Crippen LogP contribution in [0.3, 0.4) is 0 Å². The van der Waals surface area contributed by atoms with Crippen molar-refractivity contribution in [1.29, 1.82) is 0 Å². The fourth-order valence-electron chi connectivity index (χ4n) is 6.00. The maximum absolute atomic E-state index is 2.65. The predicted molar refractivity (Wildman–Crippen MR) is 191 cm³/mol. The Morgan fingerprint density at radius 3 is 1.51 bits per heavy atom. The fraction of sp³-hybridized carbons (Fsp3) is 0.854. The van der Waals surface area contributed by atoms with Crippen molar-refractivity contribution < 1.29 is 0 Å². The van der Waals surface area contributed by atoms with Crippen molar-refractivity contribution in [1.82, 2.24) is 0 Å². The molecule has 0 amide bonds. The SMILES string of the molecule is CCCCC/C=C/C/C=C(/CCCCCCCC(C)C)C(C/C=C/CCCCCC)CCCCCCCCC(C)C. The van der Waals surface area contributed by atoms with Gasteiger partial charge in [0.25, 0.3) is 0 Å². The van der Waals surface area contributed by atoms with Crippen LogP contribution in [0, 0.1) is 17.8 Å². The van der Waals surface area contributed by atoms with Crippen LogP contribution in [0.2, 0.25) is 0 Å². The lowest BCUT2D eigenvalue weighted by atomic mass is 9.85. The third-order valence-electron chi connectivity index (χ3n) is 8.82. The van der Waals surface area contributed by atoms with Gasteiger partial charge in [-0.15, -0.1) is 0 Å². The second-order valence-corrected chi connectivity index (χ2v) is 14.0. The quantitative estimate of drug-likeness (QED) is 0.0574. The van der Waals surface area contributed by atoms with Gasteiger partial charge in [0.1, 0.15) is 0 Å². The first-order valence-electron chi connectivity index (χ1n) is 19.0. The van der Waals surface area contributed by atoms with Gasteiger partial charge in [0.2, 0.25) is 0 Å². The van der Waals surface area contributed by atoms with Gasteiger partial charge < -0.3 is 0 Å². The van der Waals surface area contributed by atoms with Crippen LogP contribution >= 0.6 is 0 Å². The number of hydrogen-bond acceptors (Lipinski definition) is 0. The molecule has 0 aliphatic heterocycles. The second-order valence-electron chi connectivity index (χ2n) is 14.0. The number of hydrogen-bond donors (Lipinski definition) is 0. The Morgan fingerprint density at radius 1 is 0.463 bits per heavy atom. The van der Waals surface area contributed by atoms with Gasteiger partial charge in [-0.2, -0.15) is 0 Å². The molecule has 0 aliphatic carbocycles. The van der Waals surface area contributed by atoms with Gasteiger partial charge in [0.05, 0.1) is 0 Å². The lowest BCUT2D eigenvalue weighted by Crippen LogP contribution is -2.05. The summed E-state index contributed by atoms with van der Waals surface area (Å²) >= 11 is 0.